The van der Waals surface area contributed by atoms with Gasteiger partial charge in [-0.05, 0) is 90.3 Å². The van der Waals surface area contributed by atoms with Crippen molar-refractivity contribution < 1.29 is 9.47 Å². The summed E-state index contributed by atoms with van der Waals surface area (Å²) in [6.07, 6.45) is 1.87. The monoisotopic (exact) mass is 538 g/mol. The number of halogens is 4. The molecule has 0 aliphatic heterocycles. The second kappa shape index (κ2) is 8.36. The van der Waals surface area contributed by atoms with Gasteiger partial charge in [-0.2, -0.15) is 0 Å². The molecular formula is C15H10Br4O2. The molecule has 0 heterocycles. The molecule has 2 aromatic rings. The highest BCUT2D eigenvalue weighted by Crippen LogP contribution is 2.32. The van der Waals surface area contributed by atoms with E-state index in [0.29, 0.717) is 6.61 Å². The van der Waals surface area contributed by atoms with E-state index in [0.717, 1.165) is 29.6 Å². The van der Waals surface area contributed by atoms with E-state index < -0.39 is 0 Å². The molecular weight excluding hydrogens is 532 g/mol. The Hall–Kier alpha value is -0.300. The number of ether oxygens (including phenoxy) is 2. The maximum Gasteiger partial charge on any atom is 0.134 e. The lowest BCUT2D eigenvalue weighted by molar-refractivity contribution is 0.359. The molecule has 0 saturated carbocycles. The molecule has 6 heteroatoms. The van der Waals surface area contributed by atoms with E-state index in [4.69, 9.17) is 9.47 Å². The van der Waals surface area contributed by atoms with Gasteiger partial charge < -0.3 is 9.47 Å². The topological polar surface area (TPSA) is 18.5 Å². The van der Waals surface area contributed by atoms with Crippen molar-refractivity contribution in [3.63, 3.8) is 0 Å². The number of rotatable bonds is 5. The molecule has 0 aliphatic carbocycles. The molecule has 0 radical (unpaired) electrons. The van der Waals surface area contributed by atoms with Crippen molar-refractivity contribution in [3.05, 3.63) is 60.9 Å². The first-order chi connectivity index (χ1) is 10.0. The van der Waals surface area contributed by atoms with Crippen molar-refractivity contribution in [2.75, 3.05) is 6.61 Å². The highest BCUT2D eigenvalue weighted by molar-refractivity contribution is 9.28. The summed E-state index contributed by atoms with van der Waals surface area (Å²) in [5, 5.41) is 0. The van der Waals surface area contributed by atoms with Crippen LogP contribution >= 0.6 is 63.7 Å². The van der Waals surface area contributed by atoms with Crippen LogP contribution in [0.25, 0.3) is 0 Å². The largest absolute Gasteiger partial charge is 0.488 e. The molecule has 0 spiro atoms. The van der Waals surface area contributed by atoms with E-state index >= 15 is 0 Å². The average molecular weight is 542 g/mol. The van der Waals surface area contributed by atoms with Gasteiger partial charge in [0.05, 0.1) is 7.86 Å². The summed E-state index contributed by atoms with van der Waals surface area (Å²) in [6, 6.07) is 13.3. The standard InChI is InChI=1S/C15H10Br4O2/c16-10-2-1-3-11(8-10)21-12-4-5-14(13(17)9-12)20-7-6-15(18)19/h1-6,8-9H,7H2. The Balaban J connectivity index is 2.06. The quantitative estimate of drug-likeness (QED) is 0.405. The molecule has 0 aromatic heterocycles. The van der Waals surface area contributed by atoms with Gasteiger partial charge in [-0.25, -0.2) is 0 Å². The second-order valence-electron chi connectivity index (χ2n) is 3.96. The molecule has 0 bridgehead atoms. The summed E-state index contributed by atoms with van der Waals surface area (Å²) in [6.45, 7) is 0.469. The highest BCUT2D eigenvalue weighted by atomic mass is 79.9. The second-order valence-corrected chi connectivity index (χ2v) is 8.50. The third-order valence-electron chi connectivity index (χ3n) is 2.41. The number of hydrogen-bond donors (Lipinski definition) is 0. The van der Waals surface area contributed by atoms with Crippen LogP contribution in [0.2, 0.25) is 0 Å². The van der Waals surface area contributed by atoms with E-state index in [1.54, 1.807) is 0 Å². The summed E-state index contributed by atoms with van der Waals surface area (Å²) >= 11 is 13.5. The number of hydrogen-bond acceptors (Lipinski definition) is 2. The normalized spacial score (nSPS) is 10.1. The Morgan fingerprint density at radius 3 is 2.43 bits per heavy atom. The van der Waals surface area contributed by atoms with Crippen molar-refractivity contribution in [1.29, 1.82) is 0 Å². The zero-order chi connectivity index (χ0) is 15.2. The van der Waals surface area contributed by atoms with Gasteiger partial charge in [0.25, 0.3) is 0 Å². The maximum absolute atomic E-state index is 5.80. The lowest BCUT2D eigenvalue weighted by Gasteiger charge is -2.10. The fourth-order valence-corrected chi connectivity index (χ4v) is 2.64. The fraction of sp³-hybridized carbons (Fsp3) is 0.0667. The Kier molecular flexibility index (Phi) is 6.79. The van der Waals surface area contributed by atoms with E-state index in [1.807, 2.05) is 48.5 Å². The minimum Gasteiger partial charge on any atom is -0.488 e. The molecule has 0 aliphatic rings. The van der Waals surface area contributed by atoms with Gasteiger partial charge in [0, 0.05) is 4.47 Å². The Morgan fingerprint density at radius 2 is 1.76 bits per heavy atom. The number of benzene rings is 2. The molecule has 0 N–H and O–H groups in total. The minimum absolute atomic E-state index is 0.469. The summed E-state index contributed by atoms with van der Waals surface area (Å²) in [5.41, 5.74) is 0. The first-order valence-electron chi connectivity index (χ1n) is 5.91. The summed E-state index contributed by atoms with van der Waals surface area (Å²) in [7, 11) is 0. The first-order valence-corrected chi connectivity index (χ1v) is 9.09. The van der Waals surface area contributed by atoms with Crippen LogP contribution in [0, 0.1) is 0 Å². The van der Waals surface area contributed by atoms with Crippen LogP contribution in [0.5, 0.6) is 17.2 Å². The van der Waals surface area contributed by atoms with Crippen molar-refractivity contribution in [2.45, 2.75) is 0 Å². The van der Waals surface area contributed by atoms with Crippen LogP contribution < -0.4 is 9.47 Å². The van der Waals surface area contributed by atoms with Crippen LogP contribution in [-0.2, 0) is 0 Å². The fourth-order valence-electron chi connectivity index (χ4n) is 1.52. The van der Waals surface area contributed by atoms with Crippen LogP contribution in [0.15, 0.2) is 60.9 Å². The smallest absolute Gasteiger partial charge is 0.134 e. The van der Waals surface area contributed by atoms with E-state index in [9.17, 15) is 0 Å². The molecule has 0 amide bonds. The molecule has 0 unspecified atom stereocenters. The lowest BCUT2D eigenvalue weighted by Crippen LogP contribution is -1.94. The molecule has 0 fully saturated rings. The third-order valence-corrected chi connectivity index (χ3v) is 4.17. The van der Waals surface area contributed by atoms with Gasteiger partial charge in [0.15, 0.2) is 0 Å². The molecule has 110 valence electrons. The molecule has 21 heavy (non-hydrogen) atoms. The van der Waals surface area contributed by atoms with Gasteiger partial charge in [-0.15, -0.1) is 0 Å². The highest BCUT2D eigenvalue weighted by Gasteiger charge is 2.04. The van der Waals surface area contributed by atoms with Gasteiger partial charge in [-0.1, -0.05) is 22.0 Å². The summed E-state index contributed by atoms with van der Waals surface area (Å²) < 4.78 is 14.1. The summed E-state index contributed by atoms with van der Waals surface area (Å²) in [4.78, 5) is 0. The predicted octanol–water partition coefficient (Wildman–Crippen LogP) is 7.01. The molecule has 0 saturated heterocycles. The van der Waals surface area contributed by atoms with Crippen LogP contribution in [0.3, 0.4) is 0 Å². The first kappa shape index (κ1) is 17.1. The molecule has 2 nitrogen and oxygen atoms in total. The Labute approximate surface area is 157 Å². The molecule has 2 rings (SSSR count). The average Bonchev–Trinajstić information content (AvgIpc) is 2.41. The van der Waals surface area contributed by atoms with Crippen molar-refractivity contribution >= 4 is 63.7 Å². The van der Waals surface area contributed by atoms with Gasteiger partial charge in [-0.3, -0.25) is 0 Å². The van der Waals surface area contributed by atoms with E-state index in [1.165, 1.54) is 0 Å². The van der Waals surface area contributed by atoms with Crippen LogP contribution in [-0.4, -0.2) is 6.61 Å². The van der Waals surface area contributed by atoms with Gasteiger partial charge in [0.2, 0.25) is 0 Å². The third kappa shape index (κ3) is 5.77. The van der Waals surface area contributed by atoms with Crippen molar-refractivity contribution in [3.8, 4) is 17.2 Å². The Morgan fingerprint density at radius 1 is 1.00 bits per heavy atom. The Bertz CT molecular complexity index is 652. The van der Waals surface area contributed by atoms with Crippen molar-refractivity contribution in [2.24, 2.45) is 0 Å². The zero-order valence-electron chi connectivity index (χ0n) is 10.7. The molecule has 0 atom stereocenters. The minimum atomic E-state index is 0.469. The SMILES string of the molecule is BrC(Br)=CCOc1ccc(Oc2cccc(Br)c2)cc1Br. The van der Waals surface area contributed by atoms with Crippen molar-refractivity contribution in [1.82, 2.24) is 0 Å². The van der Waals surface area contributed by atoms with E-state index in [2.05, 4.69) is 63.7 Å². The zero-order valence-corrected chi connectivity index (χ0v) is 17.0. The van der Waals surface area contributed by atoms with Gasteiger partial charge >= 0.3 is 0 Å². The van der Waals surface area contributed by atoms with Crippen LogP contribution in [0.1, 0.15) is 0 Å². The molecule has 2 aromatic carbocycles. The van der Waals surface area contributed by atoms with Crippen LogP contribution in [0.4, 0.5) is 0 Å². The predicted molar refractivity (Wildman–Crippen MR) is 99.8 cm³/mol. The maximum atomic E-state index is 5.80. The van der Waals surface area contributed by atoms with Gasteiger partial charge in [0.1, 0.15) is 23.9 Å². The lowest BCUT2D eigenvalue weighted by atomic mass is 10.3. The summed E-state index contributed by atoms with van der Waals surface area (Å²) in [5.74, 6) is 2.27. The van der Waals surface area contributed by atoms with E-state index in [-0.39, 0.29) is 0 Å².